The largest absolute Gasteiger partial charge is 0.313 e. The van der Waals surface area contributed by atoms with Crippen LogP contribution in [0.3, 0.4) is 0 Å². The molecule has 3 heteroatoms. The normalized spacial score (nSPS) is 21.0. The Morgan fingerprint density at radius 3 is 2.59 bits per heavy atom. The van der Waals surface area contributed by atoms with Crippen LogP contribution in [0.2, 0.25) is 0 Å². The molecule has 1 rings (SSSR count). The van der Waals surface area contributed by atoms with E-state index in [0.717, 1.165) is 12.5 Å². The van der Waals surface area contributed by atoms with Gasteiger partial charge in [0.15, 0.2) is 0 Å². The van der Waals surface area contributed by atoms with Gasteiger partial charge in [-0.05, 0) is 65.8 Å². The van der Waals surface area contributed by atoms with Gasteiger partial charge in [-0.15, -0.1) is 0 Å². The first kappa shape index (κ1) is 14.9. The smallest absolute Gasteiger partial charge is 0.0166 e. The van der Waals surface area contributed by atoms with Crippen LogP contribution in [0.25, 0.3) is 0 Å². The van der Waals surface area contributed by atoms with Crippen molar-refractivity contribution in [2.24, 2.45) is 5.92 Å². The average Bonchev–Trinajstić information content (AvgIpc) is 2.29. The topological polar surface area (TPSA) is 18.5 Å². The second kappa shape index (κ2) is 8.06. The molecule has 1 unspecified atom stereocenters. The molecule has 1 saturated heterocycles. The van der Waals surface area contributed by atoms with Crippen molar-refractivity contribution < 1.29 is 0 Å². The Balaban J connectivity index is 2.13. The summed E-state index contributed by atoms with van der Waals surface area (Å²) in [6, 6.07) is 0.617. The molecule has 0 aliphatic carbocycles. The SMILES string of the molecule is CCCNC(C)CN(C)CC1CCN(C)CC1. The van der Waals surface area contributed by atoms with Gasteiger partial charge in [0.05, 0.1) is 0 Å². The molecule has 0 aromatic heterocycles. The Hall–Kier alpha value is -0.120. The third kappa shape index (κ3) is 6.39. The zero-order chi connectivity index (χ0) is 12.7. The molecule has 1 aliphatic heterocycles. The molecular formula is C14H31N3. The monoisotopic (exact) mass is 241 g/mol. The quantitative estimate of drug-likeness (QED) is 0.731. The van der Waals surface area contributed by atoms with Gasteiger partial charge in [-0.25, -0.2) is 0 Å². The summed E-state index contributed by atoms with van der Waals surface area (Å²) in [4.78, 5) is 4.95. The predicted molar refractivity (Wildman–Crippen MR) is 75.5 cm³/mol. The lowest BCUT2D eigenvalue weighted by Gasteiger charge is -2.32. The van der Waals surface area contributed by atoms with Crippen molar-refractivity contribution in [3.63, 3.8) is 0 Å². The van der Waals surface area contributed by atoms with Crippen LogP contribution in [0.15, 0.2) is 0 Å². The summed E-state index contributed by atoms with van der Waals surface area (Å²) in [6.07, 6.45) is 3.97. The van der Waals surface area contributed by atoms with Crippen molar-refractivity contribution in [2.75, 3.05) is 46.8 Å². The molecule has 1 heterocycles. The van der Waals surface area contributed by atoms with E-state index in [9.17, 15) is 0 Å². The fraction of sp³-hybridized carbons (Fsp3) is 1.00. The predicted octanol–water partition coefficient (Wildman–Crippen LogP) is 1.65. The highest BCUT2D eigenvalue weighted by molar-refractivity contribution is 4.74. The maximum Gasteiger partial charge on any atom is 0.0166 e. The van der Waals surface area contributed by atoms with E-state index in [2.05, 4.69) is 43.1 Å². The van der Waals surface area contributed by atoms with Gasteiger partial charge in [0, 0.05) is 19.1 Å². The van der Waals surface area contributed by atoms with Gasteiger partial charge < -0.3 is 15.1 Å². The lowest BCUT2D eigenvalue weighted by atomic mass is 9.96. The standard InChI is InChI=1S/C14H31N3/c1-5-8-15-13(2)11-17(4)12-14-6-9-16(3)10-7-14/h13-15H,5-12H2,1-4H3. The molecule has 1 fully saturated rings. The van der Waals surface area contributed by atoms with Crippen LogP contribution in [0.4, 0.5) is 0 Å². The van der Waals surface area contributed by atoms with E-state index >= 15 is 0 Å². The number of rotatable bonds is 7. The third-order valence-electron chi connectivity index (χ3n) is 3.74. The van der Waals surface area contributed by atoms with Crippen LogP contribution in [-0.2, 0) is 0 Å². The van der Waals surface area contributed by atoms with E-state index in [4.69, 9.17) is 0 Å². The maximum atomic E-state index is 3.56. The summed E-state index contributed by atoms with van der Waals surface area (Å²) in [5.74, 6) is 0.912. The van der Waals surface area contributed by atoms with Crippen molar-refractivity contribution in [1.29, 1.82) is 0 Å². The summed E-state index contributed by atoms with van der Waals surface area (Å²) < 4.78 is 0. The number of piperidine rings is 1. The Morgan fingerprint density at radius 1 is 1.35 bits per heavy atom. The van der Waals surface area contributed by atoms with Gasteiger partial charge in [-0.2, -0.15) is 0 Å². The Kier molecular flexibility index (Phi) is 7.09. The third-order valence-corrected chi connectivity index (χ3v) is 3.74. The number of nitrogens with zero attached hydrogens (tertiary/aromatic N) is 2. The van der Waals surface area contributed by atoms with Crippen LogP contribution in [0.1, 0.15) is 33.1 Å². The number of likely N-dealkylation sites (tertiary alicyclic amines) is 1. The van der Waals surface area contributed by atoms with E-state index in [0.29, 0.717) is 6.04 Å². The number of hydrogen-bond donors (Lipinski definition) is 1. The summed E-state index contributed by atoms with van der Waals surface area (Å²) in [6.45, 7) is 10.7. The van der Waals surface area contributed by atoms with Gasteiger partial charge >= 0.3 is 0 Å². The molecule has 3 nitrogen and oxygen atoms in total. The molecule has 1 aliphatic rings. The number of likely N-dealkylation sites (N-methyl/N-ethyl adjacent to an activating group) is 1. The molecule has 17 heavy (non-hydrogen) atoms. The molecule has 0 bridgehead atoms. The van der Waals surface area contributed by atoms with Crippen LogP contribution < -0.4 is 5.32 Å². The highest BCUT2D eigenvalue weighted by Crippen LogP contribution is 2.16. The second-order valence-electron chi connectivity index (χ2n) is 5.82. The molecular weight excluding hydrogens is 210 g/mol. The number of nitrogens with one attached hydrogen (secondary N) is 1. The van der Waals surface area contributed by atoms with Gasteiger partial charge in [0.1, 0.15) is 0 Å². The van der Waals surface area contributed by atoms with Gasteiger partial charge in [0.2, 0.25) is 0 Å². The van der Waals surface area contributed by atoms with Gasteiger partial charge in [-0.3, -0.25) is 0 Å². The fourth-order valence-electron chi connectivity index (χ4n) is 2.68. The average molecular weight is 241 g/mol. The first-order chi connectivity index (χ1) is 8.11. The number of hydrogen-bond acceptors (Lipinski definition) is 3. The van der Waals surface area contributed by atoms with Crippen molar-refractivity contribution in [3.8, 4) is 0 Å². The molecule has 0 spiro atoms. The highest BCUT2D eigenvalue weighted by Gasteiger charge is 2.18. The zero-order valence-corrected chi connectivity index (χ0v) is 12.2. The molecule has 1 atom stereocenters. The maximum absolute atomic E-state index is 3.56. The van der Waals surface area contributed by atoms with Crippen LogP contribution >= 0.6 is 0 Å². The van der Waals surface area contributed by atoms with Crippen LogP contribution in [0, 0.1) is 5.92 Å². The molecule has 0 amide bonds. The lowest BCUT2D eigenvalue weighted by Crippen LogP contribution is -2.41. The van der Waals surface area contributed by atoms with Crippen molar-refractivity contribution in [1.82, 2.24) is 15.1 Å². The van der Waals surface area contributed by atoms with E-state index in [1.54, 1.807) is 0 Å². The van der Waals surface area contributed by atoms with Crippen molar-refractivity contribution in [3.05, 3.63) is 0 Å². The minimum Gasteiger partial charge on any atom is -0.313 e. The summed E-state index contributed by atoms with van der Waals surface area (Å²) >= 11 is 0. The minimum absolute atomic E-state index is 0.617. The highest BCUT2D eigenvalue weighted by atomic mass is 15.1. The van der Waals surface area contributed by atoms with Gasteiger partial charge in [0.25, 0.3) is 0 Å². The Morgan fingerprint density at radius 2 is 2.00 bits per heavy atom. The minimum atomic E-state index is 0.617. The van der Waals surface area contributed by atoms with Crippen LogP contribution in [-0.4, -0.2) is 62.7 Å². The molecule has 0 saturated carbocycles. The Bertz CT molecular complexity index is 188. The van der Waals surface area contributed by atoms with Gasteiger partial charge in [-0.1, -0.05) is 6.92 Å². The van der Waals surface area contributed by atoms with Crippen molar-refractivity contribution >= 4 is 0 Å². The van der Waals surface area contributed by atoms with E-state index in [1.807, 2.05) is 0 Å². The van der Waals surface area contributed by atoms with Crippen LogP contribution in [0.5, 0.6) is 0 Å². The molecule has 102 valence electrons. The summed E-state index contributed by atoms with van der Waals surface area (Å²) in [7, 11) is 4.50. The summed E-state index contributed by atoms with van der Waals surface area (Å²) in [5, 5.41) is 3.56. The Labute approximate surface area is 108 Å². The lowest BCUT2D eigenvalue weighted by molar-refractivity contribution is 0.170. The van der Waals surface area contributed by atoms with Crippen molar-refractivity contribution in [2.45, 2.75) is 39.2 Å². The second-order valence-corrected chi connectivity index (χ2v) is 5.82. The fourth-order valence-corrected chi connectivity index (χ4v) is 2.68. The summed E-state index contributed by atoms with van der Waals surface area (Å²) in [5.41, 5.74) is 0. The first-order valence-electron chi connectivity index (χ1n) is 7.22. The molecule has 0 aromatic rings. The van der Waals surface area contributed by atoms with E-state index < -0.39 is 0 Å². The van der Waals surface area contributed by atoms with E-state index in [1.165, 1.54) is 45.4 Å². The molecule has 1 N–H and O–H groups in total. The van der Waals surface area contributed by atoms with E-state index in [-0.39, 0.29) is 0 Å². The molecule has 0 radical (unpaired) electrons. The zero-order valence-electron chi connectivity index (χ0n) is 12.2. The molecule has 0 aromatic carbocycles. The first-order valence-corrected chi connectivity index (χ1v) is 7.22.